The lowest BCUT2D eigenvalue weighted by molar-refractivity contribution is -0.132. The normalized spacial score (nSPS) is 18.4. The predicted molar refractivity (Wildman–Crippen MR) is 32.9 cm³/mol. The molecule has 10 heavy (non-hydrogen) atoms. The van der Waals surface area contributed by atoms with E-state index in [4.69, 9.17) is 15.3 Å². The number of nitrogens with one attached hydrogen (secondary N) is 1. The molecule has 1 rings (SSSR count). The number of hydroxylamine groups is 1. The van der Waals surface area contributed by atoms with Crippen LogP contribution >= 0.6 is 0 Å². The van der Waals surface area contributed by atoms with Gasteiger partial charge in [-0.2, -0.15) is 5.48 Å². The van der Waals surface area contributed by atoms with Crippen LogP contribution in [0.2, 0.25) is 0 Å². The Kier molecular flexibility index (Phi) is 2.61. The standard InChI is InChI=1S/C5H10N2O3/c6-5(8)3-10-7-4-1-9-2-4/h4,7H,1-3H2,(H2,6,8). The molecule has 0 aliphatic carbocycles. The van der Waals surface area contributed by atoms with Gasteiger partial charge in [-0.3, -0.25) is 9.63 Å². The van der Waals surface area contributed by atoms with E-state index in [1.807, 2.05) is 0 Å². The summed E-state index contributed by atoms with van der Waals surface area (Å²) >= 11 is 0. The van der Waals surface area contributed by atoms with Crippen molar-refractivity contribution < 1.29 is 14.4 Å². The van der Waals surface area contributed by atoms with Gasteiger partial charge in [0.05, 0.1) is 19.3 Å². The first-order valence-electron chi connectivity index (χ1n) is 3.02. The summed E-state index contributed by atoms with van der Waals surface area (Å²) in [5.41, 5.74) is 7.43. The molecule has 0 unspecified atom stereocenters. The van der Waals surface area contributed by atoms with Gasteiger partial charge in [-0.05, 0) is 0 Å². The lowest BCUT2D eigenvalue weighted by atomic mass is 10.3. The molecule has 0 aromatic carbocycles. The van der Waals surface area contributed by atoms with E-state index in [0.29, 0.717) is 13.2 Å². The molecule has 0 saturated carbocycles. The minimum atomic E-state index is -0.479. The molecule has 1 aliphatic rings. The van der Waals surface area contributed by atoms with E-state index in [0.717, 1.165) is 0 Å². The summed E-state index contributed by atoms with van der Waals surface area (Å²) in [5.74, 6) is -0.479. The molecule has 1 amide bonds. The molecule has 5 heteroatoms. The molecule has 3 N–H and O–H groups in total. The summed E-state index contributed by atoms with van der Waals surface area (Å²) in [6.07, 6.45) is 0. The first-order valence-corrected chi connectivity index (χ1v) is 3.02. The number of amides is 1. The van der Waals surface area contributed by atoms with Crippen LogP contribution in [-0.4, -0.2) is 31.8 Å². The van der Waals surface area contributed by atoms with E-state index in [1.54, 1.807) is 0 Å². The summed E-state index contributed by atoms with van der Waals surface area (Å²) in [7, 11) is 0. The van der Waals surface area contributed by atoms with E-state index in [1.165, 1.54) is 0 Å². The van der Waals surface area contributed by atoms with Crippen molar-refractivity contribution in [1.29, 1.82) is 0 Å². The second-order valence-corrected chi connectivity index (χ2v) is 2.11. The Morgan fingerprint density at radius 2 is 2.50 bits per heavy atom. The lowest BCUT2D eigenvalue weighted by Crippen LogP contribution is -2.46. The first-order chi connectivity index (χ1) is 4.79. The predicted octanol–water partition coefficient (Wildman–Crippen LogP) is -1.61. The Morgan fingerprint density at radius 1 is 1.80 bits per heavy atom. The zero-order valence-electron chi connectivity index (χ0n) is 5.50. The number of rotatable bonds is 4. The largest absolute Gasteiger partial charge is 0.378 e. The Balaban J connectivity index is 1.89. The highest BCUT2D eigenvalue weighted by Gasteiger charge is 2.17. The van der Waals surface area contributed by atoms with Crippen LogP contribution < -0.4 is 11.2 Å². The van der Waals surface area contributed by atoms with Gasteiger partial charge < -0.3 is 10.5 Å². The van der Waals surface area contributed by atoms with Crippen LogP contribution in [0.5, 0.6) is 0 Å². The average molecular weight is 146 g/mol. The number of carbonyl (C=O) groups is 1. The molecule has 5 nitrogen and oxygen atoms in total. The van der Waals surface area contributed by atoms with E-state index in [-0.39, 0.29) is 12.6 Å². The number of nitrogens with two attached hydrogens (primary N) is 1. The Bertz CT molecular complexity index is 124. The summed E-state index contributed by atoms with van der Waals surface area (Å²) in [4.78, 5) is 14.8. The molecule has 1 aliphatic heterocycles. The molecule has 0 atom stereocenters. The fourth-order valence-corrected chi connectivity index (χ4v) is 0.534. The third-order valence-electron chi connectivity index (χ3n) is 1.10. The highest BCUT2D eigenvalue weighted by Crippen LogP contribution is 1.98. The van der Waals surface area contributed by atoms with Gasteiger partial charge in [-0.25, -0.2) is 0 Å². The van der Waals surface area contributed by atoms with Crippen molar-refractivity contribution in [1.82, 2.24) is 5.48 Å². The third kappa shape index (κ3) is 2.30. The van der Waals surface area contributed by atoms with E-state index in [2.05, 4.69) is 5.48 Å². The summed E-state index contributed by atoms with van der Waals surface area (Å²) in [6, 6.07) is 0.222. The fraction of sp³-hybridized carbons (Fsp3) is 0.800. The van der Waals surface area contributed by atoms with Crippen LogP contribution in [0.1, 0.15) is 0 Å². The zero-order valence-corrected chi connectivity index (χ0v) is 5.50. The molecule has 0 bridgehead atoms. The smallest absolute Gasteiger partial charge is 0.245 e. The van der Waals surface area contributed by atoms with Crippen molar-refractivity contribution in [2.75, 3.05) is 19.8 Å². The molecule has 58 valence electrons. The Labute approximate surface area is 58.4 Å². The molecule has 0 radical (unpaired) electrons. The number of hydrogen-bond donors (Lipinski definition) is 2. The quantitative estimate of drug-likeness (QED) is 0.468. The van der Waals surface area contributed by atoms with Gasteiger partial charge >= 0.3 is 0 Å². The van der Waals surface area contributed by atoms with Gasteiger partial charge in [0.2, 0.25) is 5.91 Å². The van der Waals surface area contributed by atoms with Gasteiger partial charge in [0.15, 0.2) is 0 Å². The van der Waals surface area contributed by atoms with Crippen LogP contribution in [0, 0.1) is 0 Å². The minimum Gasteiger partial charge on any atom is -0.378 e. The summed E-state index contributed by atoms with van der Waals surface area (Å²) in [5, 5.41) is 0. The van der Waals surface area contributed by atoms with Crippen molar-refractivity contribution in [3.8, 4) is 0 Å². The lowest BCUT2D eigenvalue weighted by Gasteiger charge is -2.25. The van der Waals surface area contributed by atoms with Gasteiger partial charge in [0.1, 0.15) is 6.61 Å². The number of primary amides is 1. The molecule has 0 aromatic heterocycles. The van der Waals surface area contributed by atoms with Crippen molar-refractivity contribution >= 4 is 5.91 Å². The summed E-state index contributed by atoms with van der Waals surface area (Å²) < 4.78 is 4.83. The van der Waals surface area contributed by atoms with E-state index in [9.17, 15) is 4.79 Å². The maximum absolute atomic E-state index is 10.1. The second-order valence-electron chi connectivity index (χ2n) is 2.11. The third-order valence-corrected chi connectivity index (χ3v) is 1.10. The molecular formula is C5H10N2O3. The van der Waals surface area contributed by atoms with Crippen molar-refractivity contribution in [3.05, 3.63) is 0 Å². The van der Waals surface area contributed by atoms with Crippen LogP contribution in [0.4, 0.5) is 0 Å². The number of ether oxygens (including phenoxy) is 1. The van der Waals surface area contributed by atoms with Gasteiger partial charge in [0, 0.05) is 0 Å². The molecule has 1 heterocycles. The molecule has 0 spiro atoms. The zero-order chi connectivity index (χ0) is 7.40. The highest BCUT2D eigenvalue weighted by molar-refractivity contribution is 5.74. The van der Waals surface area contributed by atoms with Gasteiger partial charge in [-0.1, -0.05) is 0 Å². The fourth-order valence-electron chi connectivity index (χ4n) is 0.534. The number of hydrogen-bond acceptors (Lipinski definition) is 4. The van der Waals surface area contributed by atoms with Crippen molar-refractivity contribution in [2.24, 2.45) is 5.73 Å². The van der Waals surface area contributed by atoms with Gasteiger partial charge in [0.25, 0.3) is 0 Å². The average Bonchev–Trinajstić information content (AvgIpc) is 1.75. The topological polar surface area (TPSA) is 73.6 Å². The highest BCUT2D eigenvalue weighted by atomic mass is 16.7. The second kappa shape index (κ2) is 3.50. The molecular weight excluding hydrogens is 136 g/mol. The molecule has 1 fully saturated rings. The maximum atomic E-state index is 10.1. The maximum Gasteiger partial charge on any atom is 0.245 e. The Hall–Kier alpha value is -0.650. The van der Waals surface area contributed by atoms with Crippen LogP contribution in [-0.2, 0) is 14.4 Å². The van der Waals surface area contributed by atoms with Crippen molar-refractivity contribution in [2.45, 2.75) is 6.04 Å². The Morgan fingerprint density at radius 3 is 2.90 bits per heavy atom. The van der Waals surface area contributed by atoms with Crippen LogP contribution in [0.3, 0.4) is 0 Å². The first kappa shape index (κ1) is 7.46. The van der Waals surface area contributed by atoms with Crippen molar-refractivity contribution in [3.63, 3.8) is 0 Å². The minimum absolute atomic E-state index is 0.0868. The SMILES string of the molecule is NC(=O)CONC1COC1. The van der Waals surface area contributed by atoms with E-state index >= 15 is 0 Å². The van der Waals surface area contributed by atoms with Gasteiger partial charge in [-0.15, -0.1) is 0 Å². The number of carbonyl (C=O) groups excluding carboxylic acids is 1. The summed E-state index contributed by atoms with van der Waals surface area (Å²) in [6.45, 7) is 1.19. The van der Waals surface area contributed by atoms with Crippen LogP contribution in [0.25, 0.3) is 0 Å². The molecule has 0 aromatic rings. The molecule has 1 saturated heterocycles. The van der Waals surface area contributed by atoms with E-state index < -0.39 is 5.91 Å². The van der Waals surface area contributed by atoms with Crippen LogP contribution in [0.15, 0.2) is 0 Å². The monoisotopic (exact) mass is 146 g/mol.